The standard InChI is InChI=1S/C10H12FNO/c1-2-9-10(13-8-3-4-8)5-7(11)6-12-9/h5-6,8H,2-4H2,1H3. The molecule has 0 bridgehead atoms. The van der Waals surface area contributed by atoms with Crippen molar-refractivity contribution in [3.63, 3.8) is 0 Å². The van der Waals surface area contributed by atoms with E-state index in [1.54, 1.807) is 0 Å². The van der Waals surface area contributed by atoms with Crippen molar-refractivity contribution in [1.82, 2.24) is 4.98 Å². The van der Waals surface area contributed by atoms with Crippen LogP contribution in [0.5, 0.6) is 5.75 Å². The molecule has 1 aromatic rings. The summed E-state index contributed by atoms with van der Waals surface area (Å²) in [5.41, 5.74) is 0.841. The molecule has 0 aliphatic heterocycles. The van der Waals surface area contributed by atoms with Crippen molar-refractivity contribution in [2.24, 2.45) is 0 Å². The minimum atomic E-state index is -0.326. The molecule has 2 rings (SSSR count). The number of pyridine rings is 1. The Morgan fingerprint density at radius 1 is 1.62 bits per heavy atom. The van der Waals surface area contributed by atoms with Crippen LogP contribution in [-0.4, -0.2) is 11.1 Å². The highest BCUT2D eigenvalue weighted by Crippen LogP contribution is 2.28. The summed E-state index contributed by atoms with van der Waals surface area (Å²) in [6, 6.07) is 1.42. The van der Waals surface area contributed by atoms with Crippen LogP contribution in [0.25, 0.3) is 0 Å². The van der Waals surface area contributed by atoms with Gasteiger partial charge < -0.3 is 4.74 Å². The van der Waals surface area contributed by atoms with Gasteiger partial charge >= 0.3 is 0 Å². The third kappa shape index (κ3) is 1.97. The van der Waals surface area contributed by atoms with Gasteiger partial charge in [0.15, 0.2) is 0 Å². The van der Waals surface area contributed by atoms with Gasteiger partial charge in [-0.25, -0.2) is 4.39 Å². The van der Waals surface area contributed by atoms with Gasteiger partial charge in [-0.05, 0) is 19.3 Å². The molecule has 13 heavy (non-hydrogen) atoms. The molecule has 1 heterocycles. The van der Waals surface area contributed by atoms with Crippen LogP contribution >= 0.6 is 0 Å². The van der Waals surface area contributed by atoms with Gasteiger partial charge in [0.2, 0.25) is 0 Å². The number of aryl methyl sites for hydroxylation is 1. The molecule has 0 saturated heterocycles. The van der Waals surface area contributed by atoms with E-state index < -0.39 is 0 Å². The minimum Gasteiger partial charge on any atom is -0.488 e. The van der Waals surface area contributed by atoms with Crippen molar-refractivity contribution >= 4 is 0 Å². The van der Waals surface area contributed by atoms with Gasteiger partial charge in [0.25, 0.3) is 0 Å². The number of ether oxygens (including phenoxy) is 1. The van der Waals surface area contributed by atoms with E-state index in [1.807, 2.05) is 6.92 Å². The average molecular weight is 181 g/mol. The van der Waals surface area contributed by atoms with Crippen molar-refractivity contribution < 1.29 is 9.13 Å². The number of aromatic nitrogens is 1. The van der Waals surface area contributed by atoms with Crippen LogP contribution in [0.1, 0.15) is 25.5 Å². The largest absolute Gasteiger partial charge is 0.488 e. The Morgan fingerprint density at radius 3 is 3.00 bits per heavy atom. The van der Waals surface area contributed by atoms with Crippen molar-refractivity contribution in [3.8, 4) is 5.75 Å². The molecule has 0 aromatic carbocycles. The molecule has 1 saturated carbocycles. The molecule has 0 unspecified atom stereocenters. The van der Waals surface area contributed by atoms with E-state index in [0.29, 0.717) is 11.9 Å². The Balaban J connectivity index is 2.22. The molecule has 3 heteroatoms. The summed E-state index contributed by atoms with van der Waals surface area (Å²) in [6.45, 7) is 1.99. The van der Waals surface area contributed by atoms with Crippen molar-refractivity contribution in [3.05, 3.63) is 23.8 Å². The lowest BCUT2D eigenvalue weighted by Gasteiger charge is -2.07. The molecule has 70 valence electrons. The SMILES string of the molecule is CCc1ncc(F)cc1OC1CC1. The third-order valence-corrected chi connectivity index (χ3v) is 2.05. The Morgan fingerprint density at radius 2 is 2.38 bits per heavy atom. The van der Waals surface area contributed by atoms with Crippen molar-refractivity contribution in [1.29, 1.82) is 0 Å². The first kappa shape index (κ1) is 8.48. The number of rotatable bonds is 3. The number of hydrogen-bond acceptors (Lipinski definition) is 2. The maximum absolute atomic E-state index is 12.8. The summed E-state index contributed by atoms with van der Waals surface area (Å²) in [7, 11) is 0. The lowest BCUT2D eigenvalue weighted by atomic mass is 10.2. The molecule has 1 aliphatic carbocycles. The predicted molar refractivity (Wildman–Crippen MR) is 47.2 cm³/mol. The second kappa shape index (κ2) is 3.32. The maximum atomic E-state index is 12.8. The molecule has 1 fully saturated rings. The molecule has 1 aromatic heterocycles. The Bertz CT molecular complexity index is 310. The number of nitrogens with zero attached hydrogens (tertiary/aromatic N) is 1. The lowest BCUT2D eigenvalue weighted by molar-refractivity contribution is 0.296. The van der Waals surface area contributed by atoms with Crippen LogP contribution in [-0.2, 0) is 6.42 Å². The van der Waals surface area contributed by atoms with Gasteiger partial charge in [-0.2, -0.15) is 0 Å². The molecule has 2 nitrogen and oxygen atoms in total. The Kier molecular flexibility index (Phi) is 2.17. The molecule has 0 N–H and O–H groups in total. The first-order valence-corrected chi connectivity index (χ1v) is 4.60. The maximum Gasteiger partial charge on any atom is 0.145 e. The quantitative estimate of drug-likeness (QED) is 0.714. The van der Waals surface area contributed by atoms with Crippen molar-refractivity contribution in [2.75, 3.05) is 0 Å². The lowest BCUT2D eigenvalue weighted by Crippen LogP contribution is -2.01. The molecular weight excluding hydrogens is 169 g/mol. The molecular formula is C10H12FNO. The summed E-state index contributed by atoms with van der Waals surface area (Å²) in [4.78, 5) is 3.98. The number of hydrogen-bond donors (Lipinski definition) is 0. The molecule has 0 atom stereocenters. The zero-order valence-corrected chi connectivity index (χ0v) is 7.59. The highest BCUT2D eigenvalue weighted by Gasteiger charge is 2.24. The van der Waals surface area contributed by atoms with E-state index >= 15 is 0 Å². The van der Waals surface area contributed by atoms with Crippen LogP contribution in [0.4, 0.5) is 4.39 Å². The molecule has 0 amide bonds. The summed E-state index contributed by atoms with van der Waals surface area (Å²) in [6.07, 6.45) is 4.48. The fraction of sp³-hybridized carbons (Fsp3) is 0.500. The van der Waals surface area contributed by atoms with Gasteiger partial charge in [-0.15, -0.1) is 0 Å². The summed E-state index contributed by atoms with van der Waals surface area (Å²) in [5, 5.41) is 0. The summed E-state index contributed by atoms with van der Waals surface area (Å²) >= 11 is 0. The van der Waals surface area contributed by atoms with Crippen LogP contribution in [0.15, 0.2) is 12.3 Å². The van der Waals surface area contributed by atoms with Gasteiger partial charge in [0.1, 0.15) is 11.6 Å². The fourth-order valence-corrected chi connectivity index (χ4v) is 1.18. The van der Waals surface area contributed by atoms with Crippen LogP contribution in [0, 0.1) is 5.82 Å². The summed E-state index contributed by atoms with van der Waals surface area (Å²) < 4.78 is 18.3. The third-order valence-electron chi connectivity index (χ3n) is 2.05. The highest BCUT2D eigenvalue weighted by atomic mass is 19.1. The zero-order chi connectivity index (χ0) is 9.26. The van der Waals surface area contributed by atoms with Crippen LogP contribution in [0.2, 0.25) is 0 Å². The van der Waals surface area contributed by atoms with Crippen molar-refractivity contribution in [2.45, 2.75) is 32.3 Å². The highest BCUT2D eigenvalue weighted by molar-refractivity contribution is 5.28. The van der Waals surface area contributed by atoms with E-state index in [9.17, 15) is 4.39 Å². The number of halogens is 1. The van der Waals surface area contributed by atoms with Gasteiger partial charge in [0, 0.05) is 6.07 Å². The van der Waals surface area contributed by atoms with Crippen LogP contribution < -0.4 is 4.74 Å². The second-order valence-electron chi connectivity index (χ2n) is 3.27. The fourth-order valence-electron chi connectivity index (χ4n) is 1.18. The first-order valence-electron chi connectivity index (χ1n) is 4.60. The molecule has 0 spiro atoms. The molecule has 0 radical (unpaired) electrons. The first-order chi connectivity index (χ1) is 6.29. The predicted octanol–water partition coefficient (Wildman–Crippen LogP) is 2.32. The van der Waals surface area contributed by atoms with E-state index in [4.69, 9.17) is 4.74 Å². The Hall–Kier alpha value is -1.12. The van der Waals surface area contributed by atoms with Crippen LogP contribution in [0.3, 0.4) is 0 Å². The van der Waals surface area contributed by atoms with Gasteiger partial charge in [-0.3, -0.25) is 4.98 Å². The van der Waals surface area contributed by atoms with E-state index in [-0.39, 0.29) is 5.82 Å². The van der Waals surface area contributed by atoms with E-state index in [0.717, 1.165) is 25.0 Å². The molecule has 1 aliphatic rings. The topological polar surface area (TPSA) is 22.1 Å². The summed E-state index contributed by atoms with van der Waals surface area (Å²) in [5.74, 6) is 0.290. The Labute approximate surface area is 76.7 Å². The monoisotopic (exact) mass is 181 g/mol. The second-order valence-corrected chi connectivity index (χ2v) is 3.27. The normalized spacial score (nSPS) is 15.8. The van der Waals surface area contributed by atoms with Gasteiger partial charge in [0.05, 0.1) is 18.0 Å². The van der Waals surface area contributed by atoms with E-state index in [1.165, 1.54) is 12.3 Å². The van der Waals surface area contributed by atoms with Gasteiger partial charge in [-0.1, -0.05) is 6.92 Å². The van der Waals surface area contributed by atoms with E-state index in [2.05, 4.69) is 4.98 Å². The average Bonchev–Trinajstić information content (AvgIpc) is 2.89. The minimum absolute atomic E-state index is 0.300. The zero-order valence-electron chi connectivity index (χ0n) is 7.59. The smallest absolute Gasteiger partial charge is 0.145 e.